The second-order valence-electron chi connectivity index (χ2n) is 6.14. The van der Waals surface area contributed by atoms with Gasteiger partial charge >= 0.3 is 0 Å². The van der Waals surface area contributed by atoms with E-state index in [4.69, 9.17) is 10.5 Å². The minimum atomic E-state index is -0.421. The molecule has 146 valence electrons. The number of amides is 1. The van der Waals surface area contributed by atoms with Crippen molar-refractivity contribution in [3.05, 3.63) is 35.4 Å². The molecule has 0 spiro atoms. The van der Waals surface area contributed by atoms with E-state index in [0.29, 0.717) is 18.2 Å². The van der Waals surface area contributed by atoms with Crippen LogP contribution in [0.5, 0.6) is 0 Å². The Kier molecular flexibility index (Phi) is 10.5. The van der Waals surface area contributed by atoms with Gasteiger partial charge in [0.1, 0.15) is 0 Å². The number of rotatable bonds is 7. The van der Waals surface area contributed by atoms with Crippen molar-refractivity contribution in [1.82, 2.24) is 15.5 Å². The van der Waals surface area contributed by atoms with Crippen molar-refractivity contribution in [1.29, 1.82) is 0 Å². The van der Waals surface area contributed by atoms with Gasteiger partial charge in [0.15, 0.2) is 5.96 Å². The van der Waals surface area contributed by atoms with E-state index < -0.39 is 5.91 Å². The van der Waals surface area contributed by atoms with Crippen molar-refractivity contribution >= 4 is 35.8 Å². The summed E-state index contributed by atoms with van der Waals surface area (Å²) >= 11 is 0. The summed E-state index contributed by atoms with van der Waals surface area (Å²) in [6.07, 6.45) is 0. The molecule has 1 aromatic carbocycles. The molecule has 0 radical (unpaired) electrons. The molecule has 1 aliphatic heterocycles. The summed E-state index contributed by atoms with van der Waals surface area (Å²) in [5, 5.41) is 6.64. The zero-order valence-corrected chi connectivity index (χ0v) is 17.9. The maximum Gasteiger partial charge on any atom is 0.248 e. The number of aliphatic imine (C=N–C) groups is 1. The second kappa shape index (κ2) is 12.1. The number of carbonyl (C=O) groups excluding carboxylic acids is 1. The molecule has 1 aliphatic rings. The molecule has 0 aromatic heterocycles. The predicted molar refractivity (Wildman–Crippen MR) is 115 cm³/mol. The third-order valence-corrected chi connectivity index (χ3v) is 4.21. The molecule has 4 N–H and O–H groups in total. The lowest BCUT2D eigenvalue weighted by Crippen LogP contribution is -2.49. The van der Waals surface area contributed by atoms with Gasteiger partial charge in [-0.05, 0) is 31.5 Å². The van der Waals surface area contributed by atoms with Crippen LogP contribution in [0.15, 0.2) is 29.3 Å². The average Bonchev–Trinajstić information content (AvgIpc) is 2.64. The van der Waals surface area contributed by atoms with Crippen LogP contribution >= 0.6 is 24.0 Å². The summed E-state index contributed by atoms with van der Waals surface area (Å²) in [6, 6.07) is 7.67. The van der Waals surface area contributed by atoms with Crippen LogP contribution in [-0.2, 0) is 11.3 Å². The van der Waals surface area contributed by atoms with Gasteiger partial charge in [-0.25, -0.2) is 4.99 Å². The summed E-state index contributed by atoms with van der Waals surface area (Å²) in [6.45, 7) is 9.87. The Morgan fingerprint density at radius 2 is 2.08 bits per heavy atom. The van der Waals surface area contributed by atoms with Crippen molar-refractivity contribution in [3.63, 3.8) is 0 Å². The van der Waals surface area contributed by atoms with Crippen LogP contribution in [0.2, 0.25) is 0 Å². The van der Waals surface area contributed by atoms with Gasteiger partial charge in [-0.1, -0.05) is 12.1 Å². The summed E-state index contributed by atoms with van der Waals surface area (Å²) < 4.78 is 5.40. The fraction of sp³-hybridized carbons (Fsp3) is 0.556. The highest BCUT2D eigenvalue weighted by atomic mass is 127. The van der Waals surface area contributed by atoms with Gasteiger partial charge in [-0.2, -0.15) is 0 Å². The van der Waals surface area contributed by atoms with Gasteiger partial charge < -0.3 is 21.1 Å². The largest absolute Gasteiger partial charge is 0.379 e. The maximum absolute atomic E-state index is 11.3. The first kappa shape index (κ1) is 22.7. The molecular formula is C18H30IN5O2. The maximum atomic E-state index is 11.3. The van der Waals surface area contributed by atoms with Crippen molar-refractivity contribution in [3.8, 4) is 0 Å². The summed E-state index contributed by atoms with van der Waals surface area (Å²) in [5.74, 6) is 0.349. The van der Waals surface area contributed by atoms with E-state index >= 15 is 0 Å². The van der Waals surface area contributed by atoms with Gasteiger partial charge in [0.25, 0.3) is 0 Å². The first-order valence-corrected chi connectivity index (χ1v) is 8.83. The highest BCUT2D eigenvalue weighted by molar-refractivity contribution is 14.0. The third-order valence-electron chi connectivity index (χ3n) is 4.21. The molecule has 1 fully saturated rings. The molecular weight excluding hydrogens is 445 g/mol. The zero-order chi connectivity index (χ0) is 18.1. The molecule has 1 heterocycles. The molecule has 0 bridgehead atoms. The molecule has 0 aliphatic carbocycles. The van der Waals surface area contributed by atoms with Crippen LogP contribution in [0.4, 0.5) is 0 Å². The Hall–Kier alpha value is -1.39. The SMILES string of the molecule is CCNC(=NCc1cccc(C(N)=O)c1)NCC(C)N1CCOCC1.I. The van der Waals surface area contributed by atoms with Crippen LogP contribution in [0.25, 0.3) is 0 Å². The molecule has 8 heteroatoms. The van der Waals surface area contributed by atoms with Gasteiger partial charge in [0, 0.05) is 37.8 Å². The van der Waals surface area contributed by atoms with Crippen molar-refractivity contribution in [2.75, 3.05) is 39.4 Å². The molecule has 1 saturated heterocycles. The van der Waals surface area contributed by atoms with Crippen LogP contribution in [-0.4, -0.2) is 62.2 Å². The lowest BCUT2D eigenvalue weighted by Gasteiger charge is -2.32. The number of halogens is 1. The monoisotopic (exact) mass is 475 g/mol. The van der Waals surface area contributed by atoms with E-state index in [1.165, 1.54) is 0 Å². The van der Waals surface area contributed by atoms with Gasteiger partial charge in [-0.3, -0.25) is 9.69 Å². The molecule has 2 rings (SSSR count). The van der Waals surface area contributed by atoms with Crippen LogP contribution < -0.4 is 16.4 Å². The van der Waals surface area contributed by atoms with Gasteiger partial charge in [0.05, 0.1) is 19.8 Å². The normalized spacial score (nSPS) is 16.5. The zero-order valence-electron chi connectivity index (χ0n) is 15.5. The lowest BCUT2D eigenvalue weighted by molar-refractivity contribution is 0.0211. The lowest BCUT2D eigenvalue weighted by atomic mass is 10.1. The number of ether oxygens (including phenoxy) is 1. The number of primary amides is 1. The number of nitrogens with one attached hydrogen (secondary N) is 2. The average molecular weight is 475 g/mol. The smallest absolute Gasteiger partial charge is 0.248 e. The van der Waals surface area contributed by atoms with Crippen LogP contribution in [0.3, 0.4) is 0 Å². The molecule has 1 aromatic rings. The molecule has 1 amide bonds. The number of hydrogen-bond acceptors (Lipinski definition) is 4. The van der Waals surface area contributed by atoms with E-state index in [0.717, 1.165) is 50.9 Å². The predicted octanol–water partition coefficient (Wildman–Crippen LogP) is 1.18. The standard InChI is InChI=1S/C18H29N5O2.HI/c1-3-20-18(21-12-14(2)23-7-9-25-10-8-23)22-13-15-5-4-6-16(11-15)17(19)24;/h4-6,11,14H,3,7-10,12-13H2,1-2H3,(H2,19,24)(H2,20,21,22);1H. The second-order valence-corrected chi connectivity index (χ2v) is 6.14. The number of nitrogens with two attached hydrogens (primary N) is 1. The Labute approximate surface area is 172 Å². The summed E-state index contributed by atoms with van der Waals surface area (Å²) in [5.41, 5.74) is 6.78. The van der Waals surface area contributed by atoms with E-state index in [1.54, 1.807) is 12.1 Å². The quantitative estimate of drug-likeness (QED) is 0.313. The van der Waals surface area contributed by atoms with E-state index in [2.05, 4.69) is 27.4 Å². The Balaban J connectivity index is 0.00000338. The number of nitrogens with zero attached hydrogens (tertiary/aromatic N) is 2. The molecule has 1 unspecified atom stereocenters. The Morgan fingerprint density at radius 1 is 1.35 bits per heavy atom. The highest BCUT2D eigenvalue weighted by Gasteiger charge is 2.16. The van der Waals surface area contributed by atoms with Crippen molar-refractivity contribution in [2.45, 2.75) is 26.4 Å². The first-order valence-electron chi connectivity index (χ1n) is 8.83. The van der Waals surface area contributed by atoms with Gasteiger partial charge in [0.2, 0.25) is 5.91 Å². The number of hydrogen-bond donors (Lipinski definition) is 3. The number of carbonyl (C=O) groups is 1. The van der Waals surface area contributed by atoms with Crippen molar-refractivity contribution < 1.29 is 9.53 Å². The molecule has 1 atom stereocenters. The fourth-order valence-corrected chi connectivity index (χ4v) is 2.73. The number of morpholine rings is 1. The molecule has 26 heavy (non-hydrogen) atoms. The van der Waals surface area contributed by atoms with Crippen molar-refractivity contribution in [2.24, 2.45) is 10.7 Å². The minimum absolute atomic E-state index is 0. The minimum Gasteiger partial charge on any atom is -0.379 e. The fourth-order valence-electron chi connectivity index (χ4n) is 2.73. The Morgan fingerprint density at radius 3 is 2.73 bits per heavy atom. The summed E-state index contributed by atoms with van der Waals surface area (Å²) in [7, 11) is 0. The number of guanidine groups is 1. The first-order chi connectivity index (χ1) is 12.1. The highest BCUT2D eigenvalue weighted by Crippen LogP contribution is 2.06. The van der Waals surface area contributed by atoms with E-state index in [-0.39, 0.29) is 24.0 Å². The van der Waals surface area contributed by atoms with E-state index in [9.17, 15) is 4.79 Å². The van der Waals surface area contributed by atoms with Gasteiger partial charge in [-0.15, -0.1) is 24.0 Å². The van der Waals surface area contributed by atoms with Crippen LogP contribution in [0.1, 0.15) is 29.8 Å². The topological polar surface area (TPSA) is 92.0 Å². The number of benzene rings is 1. The Bertz CT molecular complexity index is 591. The molecule has 0 saturated carbocycles. The summed E-state index contributed by atoms with van der Waals surface area (Å²) in [4.78, 5) is 18.3. The molecule has 7 nitrogen and oxygen atoms in total. The van der Waals surface area contributed by atoms with E-state index in [1.807, 2.05) is 19.1 Å². The third kappa shape index (κ3) is 7.46. The van der Waals surface area contributed by atoms with Crippen LogP contribution in [0, 0.1) is 0 Å².